The molecule has 16 heavy (non-hydrogen) atoms. The molecule has 1 heterocycles. The standard InChI is InChI=1S/C10H22N2O3S/c1-11-16(14,15)7-3-6-12-5-2-4-10(8-12)9-13/h10-11,13H,2-9H2,1H3. The van der Waals surface area contributed by atoms with Crippen LogP contribution in [-0.4, -0.2) is 57.5 Å². The Labute approximate surface area is 97.9 Å². The Morgan fingerprint density at radius 2 is 2.25 bits per heavy atom. The monoisotopic (exact) mass is 250 g/mol. The van der Waals surface area contributed by atoms with Crippen LogP contribution in [0.5, 0.6) is 0 Å². The maximum absolute atomic E-state index is 11.2. The highest BCUT2D eigenvalue weighted by molar-refractivity contribution is 7.89. The first-order valence-corrected chi connectivity index (χ1v) is 7.47. The smallest absolute Gasteiger partial charge is 0.211 e. The van der Waals surface area contributed by atoms with Gasteiger partial charge in [-0.05, 0) is 45.3 Å². The van der Waals surface area contributed by atoms with Gasteiger partial charge in [-0.25, -0.2) is 13.1 Å². The Balaban J connectivity index is 2.22. The van der Waals surface area contributed by atoms with E-state index in [0.29, 0.717) is 12.3 Å². The van der Waals surface area contributed by atoms with E-state index in [-0.39, 0.29) is 12.4 Å². The third-order valence-electron chi connectivity index (χ3n) is 3.06. The Hall–Kier alpha value is -0.170. The summed E-state index contributed by atoms with van der Waals surface area (Å²) in [5, 5.41) is 9.07. The molecule has 0 aromatic carbocycles. The van der Waals surface area contributed by atoms with Crippen LogP contribution in [0, 0.1) is 5.92 Å². The first-order valence-electron chi connectivity index (χ1n) is 5.82. The summed E-state index contributed by atoms with van der Waals surface area (Å²) in [6.07, 6.45) is 2.84. The van der Waals surface area contributed by atoms with Crippen molar-refractivity contribution >= 4 is 10.0 Å². The Morgan fingerprint density at radius 1 is 1.50 bits per heavy atom. The Morgan fingerprint density at radius 3 is 2.88 bits per heavy atom. The molecular weight excluding hydrogens is 228 g/mol. The van der Waals surface area contributed by atoms with Gasteiger partial charge in [0, 0.05) is 13.2 Å². The Bertz CT molecular complexity index is 292. The van der Waals surface area contributed by atoms with Gasteiger partial charge in [-0.1, -0.05) is 0 Å². The summed E-state index contributed by atoms with van der Waals surface area (Å²) in [5.41, 5.74) is 0. The van der Waals surface area contributed by atoms with Crippen molar-refractivity contribution in [2.45, 2.75) is 19.3 Å². The molecule has 1 atom stereocenters. The van der Waals surface area contributed by atoms with E-state index in [4.69, 9.17) is 5.11 Å². The van der Waals surface area contributed by atoms with Gasteiger partial charge >= 0.3 is 0 Å². The van der Waals surface area contributed by atoms with Crippen molar-refractivity contribution in [1.82, 2.24) is 9.62 Å². The van der Waals surface area contributed by atoms with E-state index < -0.39 is 10.0 Å². The number of aliphatic hydroxyl groups excluding tert-OH is 1. The fourth-order valence-electron chi connectivity index (χ4n) is 2.08. The molecule has 2 N–H and O–H groups in total. The molecule has 1 aliphatic heterocycles. The summed E-state index contributed by atoms with van der Waals surface area (Å²) in [6, 6.07) is 0. The van der Waals surface area contributed by atoms with Crippen LogP contribution < -0.4 is 4.72 Å². The molecule has 0 aliphatic carbocycles. The molecule has 6 heteroatoms. The molecular formula is C10H22N2O3S. The van der Waals surface area contributed by atoms with Crippen LogP contribution in [0.4, 0.5) is 0 Å². The van der Waals surface area contributed by atoms with Crippen molar-refractivity contribution in [1.29, 1.82) is 0 Å². The molecule has 0 saturated carbocycles. The largest absolute Gasteiger partial charge is 0.396 e. The highest BCUT2D eigenvalue weighted by atomic mass is 32.2. The van der Waals surface area contributed by atoms with Gasteiger partial charge in [0.1, 0.15) is 0 Å². The second-order valence-corrected chi connectivity index (χ2v) is 6.41. The van der Waals surface area contributed by atoms with E-state index in [2.05, 4.69) is 9.62 Å². The summed E-state index contributed by atoms with van der Waals surface area (Å²) in [4.78, 5) is 2.25. The number of hydrogen-bond acceptors (Lipinski definition) is 4. The lowest BCUT2D eigenvalue weighted by Crippen LogP contribution is -2.38. The molecule has 0 amide bonds. The van der Waals surface area contributed by atoms with Crippen LogP contribution in [0.1, 0.15) is 19.3 Å². The minimum Gasteiger partial charge on any atom is -0.396 e. The van der Waals surface area contributed by atoms with Crippen LogP contribution in [0.15, 0.2) is 0 Å². The van der Waals surface area contributed by atoms with Crippen LogP contribution in [0.2, 0.25) is 0 Å². The molecule has 0 aromatic rings. The van der Waals surface area contributed by atoms with Crippen molar-refractivity contribution in [3.05, 3.63) is 0 Å². The minimum absolute atomic E-state index is 0.184. The van der Waals surface area contributed by atoms with E-state index in [1.165, 1.54) is 7.05 Å². The summed E-state index contributed by atoms with van der Waals surface area (Å²) < 4.78 is 24.7. The topological polar surface area (TPSA) is 69.6 Å². The highest BCUT2D eigenvalue weighted by Gasteiger charge is 2.19. The number of rotatable bonds is 6. The van der Waals surface area contributed by atoms with Crippen LogP contribution in [-0.2, 0) is 10.0 Å². The Kier molecular flexibility index (Phi) is 5.68. The average Bonchev–Trinajstić information content (AvgIpc) is 2.29. The number of aliphatic hydroxyl groups is 1. The third-order valence-corrected chi connectivity index (χ3v) is 4.51. The molecule has 1 aliphatic rings. The lowest BCUT2D eigenvalue weighted by molar-refractivity contribution is 0.121. The van der Waals surface area contributed by atoms with Gasteiger partial charge in [0.05, 0.1) is 5.75 Å². The number of hydrogen-bond donors (Lipinski definition) is 2. The first kappa shape index (κ1) is 13.9. The zero-order valence-corrected chi connectivity index (χ0v) is 10.7. The summed E-state index contributed by atoms with van der Waals surface area (Å²) in [7, 11) is -1.62. The van der Waals surface area contributed by atoms with E-state index in [0.717, 1.165) is 32.5 Å². The van der Waals surface area contributed by atoms with Gasteiger partial charge in [0.15, 0.2) is 0 Å². The zero-order chi connectivity index (χ0) is 12.0. The van der Waals surface area contributed by atoms with Gasteiger partial charge in [-0.15, -0.1) is 0 Å². The van der Waals surface area contributed by atoms with Crippen LogP contribution >= 0.6 is 0 Å². The third kappa shape index (κ3) is 4.78. The number of nitrogens with one attached hydrogen (secondary N) is 1. The molecule has 0 spiro atoms. The van der Waals surface area contributed by atoms with Gasteiger partial charge in [0.2, 0.25) is 10.0 Å². The molecule has 5 nitrogen and oxygen atoms in total. The molecule has 0 bridgehead atoms. The molecule has 1 rings (SSSR count). The summed E-state index contributed by atoms with van der Waals surface area (Å²) in [5.74, 6) is 0.554. The lowest BCUT2D eigenvalue weighted by Gasteiger charge is -2.31. The summed E-state index contributed by atoms with van der Waals surface area (Å²) in [6.45, 7) is 2.97. The number of sulfonamides is 1. The van der Waals surface area contributed by atoms with Crippen molar-refractivity contribution < 1.29 is 13.5 Å². The predicted octanol–water partition coefficient (Wildman–Crippen LogP) is -0.370. The maximum Gasteiger partial charge on any atom is 0.211 e. The summed E-state index contributed by atoms with van der Waals surface area (Å²) >= 11 is 0. The number of likely N-dealkylation sites (tertiary alicyclic amines) is 1. The average molecular weight is 250 g/mol. The molecule has 0 radical (unpaired) electrons. The lowest BCUT2D eigenvalue weighted by atomic mass is 9.99. The van der Waals surface area contributed by atoms with Gasteiger partial charge in [-0.3, -0.25) is 0 Å². The van der Waals surface area contributed by atoms with Crippen LogP contribution in [0.3, 0.4) is 0 Å². The molecule has 1 fully saturated rings. The molecule has 1 saturated heterocycles. The quantitative estimate of drug-likeness (QED) is 0.675. The van der Waals surface area contributed by atoms with Crippen molar-refractivity contribution in [2.75, 3.05) is 39.0 Å². The second-order valence-electron chi connectivity index (χ2n) is 4.37. The van der Waals surface area contributed by atoms with Crippen LogP contribution in [0.25, 0.3) is 0 Å². The zero-order valence-electron chi connectivity index (χ0n) is 9.85. The fourth-order valence-corrected chi connectivity index (χ4v) is 2.80. The number of piperidine rings is 1. The van der Waals surface area contributed by atoms with E-state index in [1.807, 2.05) is 0 Å². The van der Waals surface area contributed by atoms with Gasteiger partial charge in [0.25, 0.3) is 0 Å². The van der Waals surface area contributed by atoms with Crippen molar-refractivity contribution in [3.63, 3.8) is 0 Å². The van der Waals surface area contributed by atoms with E-state index >= 15 is 0 Å². The SMILES string of the molecule is CNS(=O)(=O)CCCN1CCCC(CO)C1. The van der Waals surface area contributed by atoms with Gasteiger partial charge in [-0.2, -0.15) is 0 Å². The molecule has 1 unspecified atom stereocenters. The normalized spacial score (nSPS) is 23.5. The maximum atomic E-state index is 11.2. The molecule has 96 valence electrons. The second kappa shape index (κ2) is 6.54. The van der Waals surface area contributed by atoms with Gasteiger partial charge < -0.3 is 10.0 Å². The fraction of sp³-hybridized carbons (Fsp3) is 1.00. The van der Waals surface area contributed by atoms with Crippen molar-refractivity contribution in [2.24, 2.45) is 5.92 Å². The first-order chi connectivity index (χ1) is 7.57. The van der Waals surface area contributed by atoms with E-state index in [1.54, 1.807) is 0 Å². The number of nitrogens with zero attached hydrogens (tertiary/aromatic N) is 1. The minimum atomic E-state index is -3.07. The predicted molar refractivity (Wildman–Crippen MR) is 63.7 cm³/mol. The highest BCUT2D eigenvalue weighted by Crippen LogP contribution is 2.15. The van der Waals surface area contributed by atoms with Crippen molar-refractivity contribution in [3.8, 4) is 0 Å². The molecule has 0 aromatic heterocycles. The van der Waals surface area contributed by atoms with E-state index in [9.17, 15) is 8.42 Å².